The van der Waals surface area contributed by atoms with Gasteiger partial charge in [0.2, 0.25) is 0 Å². The second kappa shape index (κ2) is 3.49. The van der Waals surface area contributed by atoms with E-state index in [0.717, 1.165) is 22.4 Å². The van der Waals surface area contributed by atoms with Gasteiger partial charge in [-0.05, 0) is 11.6 Å². The minimum atomic E-state index is 0.705. The molecule has 0 amide bonds. The molecule has 3 rings (SSSR count). The summed E-state index contributed by atoms with van der Waals surface area (Å²) >= 11 is 0. The third-order valence-electron chi connectivity index (χ3n) is 2.59. The summed E-state index contributed by atoms with van der Waals surface area (Å²) < 4.78 is 0. The standard InChI is InChI=1S/C14H10N2/c1-10-6-5-9-12-13(10)16-14(15-12)11-7-3-2-4-8-11/h1-9H,(H,15,16). The Bertz CT molecular complexity index is 624. The molecule has 0 aliphatic rings. The lowest BCUT2D eigenvalue weighted by atomic mass is 10.2. The molecule has 2 nitrogen and oxygen atoms in total. The van der Waals surface area contributed by atoms with Crippen LogP contribution in [-0.2, 0) is 0 Å². The van der Waals surface area contributed by atoms with E-state index < -0.39 is 0 Å². The number of aromatic amines is 1. The van der Waals surface area contributed by atoms with Crippen LogP contribution in [0, 0.1) is 6.92 Å². The molecule has 0 unspecified atom stereocenters. The number of benzene rings is 2. The normalized spacial score (nSPS) is 10.8. The second-order valence-electron chi connectivity index (χ2n) is 3.69. The highest BCUT2D eigenvalue weighted by molar-refractivity contribution is 5.82. The van der Waals surface area contributed by atoms with Gasteiger partial charge in [0.05, 0.1) is 11.0 Å². The maximum atomic E-state index is 5.87. The van der Waals surface area contributed by atoms with E-state index in [0.29, 0.717) is 5.56 Å². The highest BCUT2D eigenvalue weighted by Gasteiger charge is 2.05. The second-order valence-corrected chi connectivity index (χ2v) is 3.69. The molecule has 0 saturated carbocycles. The monoisotopic (exact) mass is 206 g/mol. The molecule has 1 N–H and O–H groups in total. The van der Waals surface area contributed by atoms with Crippen LogP contribution in [-0.4, -0.2) is 9.97 Å². The fourth-order valence-electron chi connectivity index (χ4n) is 1.79. The number of fused-ring (bicyclic) bond motifs is 1. The van der Waals surface area contributed by atoms with Gasteiger partial charge in [-0.25, -0.2) is 4.98 Å². The Morgan fingerprint density at radius 3 is 2.50 bits per heavy atom. The van der Waals surface area contributed by atoms with E-state index in [2.05, 4.69) is 9.97 Å². The van der Waals surface area contributed by atoms with Gasteiger partial charge in [0.15, 0.2) is 0 Å². The van der Waals surface area contributed by atoms with Crippen LogP contribution in [0.4, 0.5) is 0 Å². The van der Waals surface area contributed by atoms with Gasteiger partial charge in [0, 0.05) is 12.5 Å². The molecule has 2 heteroatoms. The first-order chi connectivity index (χ1) is 7.84. The van der Waals surface area contributed by atoms with E-state index in [1.165, 1.54) is 0 Å². The van der Waals surface area contributed by atoms with E-state index in [4.69, 9.17) is 6.92 Å². The summed E-state index contributed by atoms with van der Waals surface area (Å²) in [7, 11) is 0. The summed E-state index contributed by atoms with van der Waals surface area (Å²) in [6.07, 6.45) is 0. The van der Waals surface area contributed by atoms with Crippen LogP contribution in [0.25, 0.3) is 22.4 Å². The Hall–Kier alpha value is -2.09. The molecule has 1 aromatic heterocycles. The molecule has 0 saturated heterocycles. The van der Waals surface area contributed by atoms with Crippen molar-refractivity contribution in [3.8, 4) is 11.4 Å². The Labute approximate surface area is 94.0 Å². The molecule has 0 bridgehead atoms. The van der Waals surface area contributed by atoms with Crippen LogP contribution in [0.2, 0.25) is 0 Å². The van der Waals surface area contributed by atoms with Crippen LogP contribution in [0.1, 0.15) is 5.56 Å². The first-order valence-electron chi connectivity index (χ1n) is 5.14. The molecule has 16 heavy (non-hydrogen) atoms. The van der Waals surface area contributed by atoms with Crippen molar-refractivity contribution in [1.29, 1.82) is 0 Å². The number of nitrogens with one attached hydrogen (secondary N) is 1. The number of hydrogen-bond acceptors (Lipinski definition) is 1. The highest BCUT2D eigenvalue weighted by atomic mass is 14.9. The zero-order valence-corrected chi connectivity index (χ0v) is 8.64. The molecule has 0 aliphatic carbocycles. The van der Waals surface area contributed by atoms with Crippen molar-refractivity contribution in [1.82, 2.24) is 9.97 Å². The topological polar surface area (TPSA) is 28.7 Å². The predicted molar refractivity (Wildman–Crippen MR) is 64.9 cm³/mol. The Kier molecular flexibility index (Phi) is 2.00. The largest absolute Gasteiger partial charge is 0.338 e. The van der Waals surface area contributed by atoms with Crippen molar-refractivity contribution >= 4 is 11.0 Å². The summed E-state index contributed by atoms with van der Waals surface area (Å²) in [5.41, 5.74) is 3.58. The molecule has 76 valence electrons. The van der Waals surface area contributed by atoms with Gasteiger partial charge in [-0.15, -0.1) is 0 Å². The molecule has 3 aromatic rings. The van der Waals surface area contributed by atoms with Crippen molar-refractivity contribution in [3.63, 3.8) is 0 Å². The lowest BCUT2D eigenvalue weighted by Gasteiger charge is -1.93. The molecule has 1 heterocycles. The van der Waals surface area contributed by atoms with Crippen molar-refractivity contribution in [2.24, 2.45) is 0 Å². The molecule has 2 aromatic carbocycles. The van der Waals surface area contributed by atoms with E-state index in [1.807, 2.05) is 48.5 Å². The molecule has 0 fully saturated rings. The maximum absolute atomic E-state index is 5.87. The number of para-hydroxylation sites is 1. The smallest absolute Gasteiger partial charge is 0.138 e. The minimum Gasteiger partial charge on any atom is -0.338 e. The van der Waals surface area contributed by atoms with Gasteiger partial charge in [-0.3, -0.25) is 0 Å². The molecular formula is C14H10N2. The van der Waals surface area contributed by atoms with Crippen molar-refractivity contribution in [2.45, 2.75) is 0 Å². The fraction of sp³-hybridized carbons (Fsp3) is 0. The summed E-state index contributed by atoms with van der Waals surface area (Å²) in [5, 5.41) is 0. The number of imidazole rings is 1. The minimum absolute atomic E-state index is 0.705. The van der Waals surface area contributed by atoms with E-state index >= 15 is 0 Å². The van der Waals surface area contributed by atoms with Gasteiger partial charge < -0.3 is 4.98 Å². The average Bonchev–Trinajstić information content (AvgIpc) is 2.76. The van der Waals surface area contributed by atoms with Gasteiger partial charge in [0.25, 0.3) is 0 Å². The van der Waals surface area contributed by atoms with Crippen LogP contribution >= 0.6 is 0 Å². The number of H-pyrrole nitrogens is 1. The molecule has 0 atom stereocenters. The molecule has 2 radical (unpaired) electrons. The van der Waals surface area contributed by atoms with Crippen molar-refractivity contribution in [2.75, 3.05) is 0 Å². The van der Waals surface area contributed by atoms with Crippen molar-refractivity contribution < 1.29 is 0 Å². The Balaban J connectivity index is 2.23. The summed E-state index contributed by atoms with van der Waals surface area (Å²) in [6.45, 7) is 5.87. The predicted octanol–water partition coefficient (Wildman–Crippen LogP) is 3.29. The van der Waals surface area contributed by atoms with E-state index in [1.54, 1.807) is 0 Å². The van der Waals surface area contributed by atoms with Gasteiger partial charge in [-0.1, -0.05) is 42.5 Å². The van der Waals surface area contributed by atoms with Crippen LogP contribution in [0.3, 0.4) is 0 Å². The average molecular weight is 206 g/mol. The summed E-state index contributed by atoms with van der Waals surface area (Å²) in [4.78, 5) is 7.76. The van der Waals surface area contributed by atoms with Crippen LogP contribution < -0.4 is 0 Å². The third-order valence-corrected chi connectivity index (χ3v) is 2.59. The first kappa shape index (κ1) is 9.16. The fourth-order valence-corrected chi connectivity index (χ4v) is 1.79. The van der Waals surface area contributed by atoms with E-state index in [9.17, 15) is 0 Å². The number of aromatic nitrogens is 2. The number of nitrogens with zero attached hydrogens (tertiary/aromatic N) is 1. The van der Waals surface area contributed by atoms with Crippen LogP contribution in [0.5, 0.6) is 0 Å². The molecule has 0 spiro atoms. The van der Waals surface area contributed by atoms with Crippen molar-refractivity contribution in [3.05, 3.63) is 61.0 Å². The van der Waals surface area contributed by atoms with E-state index in [-0.39, 0.29) is 0 Å². The Morgan fingerprint density at radius 1 is 0.938 bits per heavy atom. The summed E-state index contributed by atoms with van der Waals surface area (Å²) in [6, 6.07) is 15.8. The number of rotatable bonds is 1. The zero-order chi connectivity index (χ0) is 11.0. The summed E-state index contributed by atoms with van der Waals surface area (Å²) in [5.74, 6) is 0.855. The van der Waals surface area contributed by atoms with Gasteiger partial charge >= 0.3 is 0 Å². The lowest BCUT2D eigenvalue weighted by Crippen LogP contribution is -1.78. The first-order valence-corrected chi connectivity index (χ1v) is 5.14. The maximum Gasteiger partial charge on any atom is 0.138 e. The zero-order valence-electron chi connectivity index (χ0n) is 8.64. The quantitative estimate of drug-likeness (QED) is 0.650. The molecular weight excluding hydrogens is 196 g/mol. The third kappa shape index (κ3) is 1.39. The number of hydrogen-bond donors (Lipinski definition) is 1. The van der Waals surface area contributed by atoms with Gasteiger partial charge in [0.1, 0.15) is 5.82 Å². The molecule has 0 aliphatic heterocycles. The SMILES string of the molecule is [CH]c1cccc2[nH]c(-c3ccccc3)nc12. The lowest BCUT2D eigenvalue weighted by molar-refractivity contribution is 1.33. The van der Waals surface area contributed by atoms with Gasteiger partial charge in [-0.2, -0.15) is 0 Å². The van der Waals surface area contributed by atoms with Crippen LogP contribution in [0.15, 0.2) is 48.5 Å². The Morgan fingerprint density at radius 2 is 1.75 bits per heavy atom. The highest BCUT2D eigenvalue weighted by Crippen LogP contribution is 2.21.